The van der Waals surface area contributed by atoms with Crippen LogP contribution in [-0.2, 0) is 6.42 Å². The van der Waals surface area contributed by atoms with Gasteiger partial charge in [0.25, 0.3) is 0 Å². The van der Waals surface area contributed by atoms with Crippen LogP contribution in [0.4, 0.5) is 0 Å². The Labute approximate surface area is 144 Å². The van der Waals surface area contributed by atoms with Crippen molar-refractivity contribution in [3.05, 3.63) is 82.4 Å². The molecule has 2 heterocycles. The highest BCUT2D eigenvalue weighted by atomic mass is 35.5. The van der Waals surface area contributed by atoms with E-state index < -0.39 is 0 Å². The van der Waals surface area contributed by atoms with Gasteiger partial charge < -0.3 is 10.5 Å². The van der Waals surface area contributed by atoms with Crippen molar-refractivity contribution in [2.75, 3.05) is 5.43 Å². The Morgan fingerprint density at radius 2 is 1.96 bits per heavy atom. The molecule has 0 aliphatic carbocycles. The summed E-state index contributed by atoms with van der Waals surface area (Å²) >= 11 is 5.98. The molecule has 1 aliphatic heterocycles. The van der Waals surface area contributed by atoms with Crippen molar-refractivity contribution in [2.45, 2.75) is 12.5 Å². The lowest BCUT2D eigenvalue weighted by Crippen LogP contribution is -2.25. The fraction of sp³-hybridized carbons (Fsp3) is 0.111. The third-order valence-corrected chi connectivity index (χ3v) is 4.30. The number of benzene rings is 2. The molecule has 3 aromatic rings. The number of nitrogens with one attached hydrogen (secondary N) is 1. The topological polar surface area (TPSA) is 63.0 Å². The number of phenolic OH excluding ortho intramolecular Hbond substituents is 1. The molecule has 0 amide bonds. The Morgan fingerprint density at radius 1 is 1.12 bits per heavy atom. The first-order valence-electron chi connectivity index (χ1n) is 7.62. The van der Waals surface area contributed by atoms with E-state index in [0.717, 1.165) is 17.2 Å². The van der Waals surface area contributed by atoms with Crippen molar-refractivity contribution in [1.82, 2.24) is 14.9 Å². The molecule has 1 aliphatic rings. The average Bonchev–Trinajstić information content (AvgIpc) is 3.01. The van der Waals surface area contributed by atoms with Crippen LogP contribution in [0.1, 0.15) is 28.8 Å². The summed E-state index contributed by atoms with van der Waals surface area (Å²) < 4.78 is 1.90. The predicted octanol–water partition coefficient (Wildman–Crippen LogP) is 3.54. The second-order valence-electron chi connectivity index (χ2n) is 5.65. The van der Waals surface area contributed by atoms with Gasteiger partial charge in [0.1, 0.15) is 5.75 Å². The third-order valence-electron chi connectivity index (χ3n) is 3.99. The minimum Gasteiger partial charge on any atom is -0.506 e. The maximum absolute atomic E-state index is 9.54. The second kappa shape index (κ2) is 6.02. The molecule has 1 unspecified atom stereocenters. The minimum absolute atomic E-state index is 0.0665. The van der Waals surface area contributed by atoms with Crippen molar-refractivity contribution in [3.63, 3.8) is 0 Å². The number of aromatic hydroxyl groups is 1. The monoisotopic (exact) mass is 338 g/mol. The largest absolute Gasteiger partial charge is 0.506 e. The summed E-state index contributed by atoms with van der Waals surface area (Å²) in [5.41, 5.74) is 5.56. The van der Waals surface area contributed by atoms with Crippen LogP contribution >= 0.6 is 11.6 Å². The Kier molecular flexibility index (Phi) is 3.70. The number of halogens is 1. The molecule has 0 bridgehead atoms. The van der Waals surface area contributed by atoms with Crippen molar-refractivity contribution < 1.29 is 5.11 Å². The number of hydrogen-bond acceptors (Lipinski definition) is 4. The first-order chi connectivity index (χ1) is 11.7. The van der Waals surface area contributed by atoms with Gasteiger partial charge in [-0.05, 0) is 29.3 Å². The molecule has 5 nitrogen and oxygen atoms in total. The molecule has 6 heteroatoms. The molecular weight excluding hydrogens is 324 g/mol. The van der Waals surface area contributed by atoms with Gasteiger partial charge in [0.05, 0.1) is 11.1 Å². The zero-order valence-electron chi connectivity index (χ0n) is 12.7. The smallest absolute Gasteiger partial charge is 0.175 e. The first kappa shape index (κ1) is 14.8. The lowest BCUT2D eigenvalue weighted by molar-refractivity contribution is 0.475. The maximum Gasteiger partial charge on any atom is 0.175 e. The van der Waals surface area contributed by atoms with E-state index in [0.29, 0.717) is 11.4 Å². The first-order valence-corrected chi connectivity index (χ1v) is 8.00. The molecule has 120 valence electrons. The van der Waals surface area contributed by atoms with E-state index in [2.05, 4.69) is 33.8 Å². The van der Waals surface area contributed by atoms with Crippen LogP contribution in [0.25, 0.3) is 6.08 Å². The van der Waals surface area contributed by atoms with Crippen molar-refractivity contribution in [3.8, 4) is 5.75 Å². The number of nitrogens with zero attached hydrogens (tertiary/aromatic N) is 3. The number of phenols is 1. The number of fused-ring (bicyclic) bond motifs is 1. The van der Waals surface area contributed by atoms with Gasteiger partial charge in [-0.25, -0.2) is 4.68 Å². The van der Waals surface area contributed by atoms with Gasteiger partial charge in [-0.3, -0.25) is 0 Å². The maximum atomic E-state index is 9.54. The van der Waals surface area contributed by atoms with E-state index in [1.54, 1.807) is 12.1 Å². The highest BCUT2D eigenvalue weighted by Crippen LogP contribution is 2.26. The van der Waals surface area contributed by atoms with Crippen LogP contribution in [0.2, 0.25) is 5.02 Å². The van der Waals surface area contributed by atoms with Crippen molar-refractivity contribution >= 4 is 17.7 Å². The second-order valence-corrected chi connectivity index (χ2v) is 6.06. The van der Waals surface area contributed by atoms with Crippen molar-refractivity contribution in [2.24, 2.45) is 0 Å². The molecular formula is C18H15ClN4O. The van der Waals surface area contributed by atoms with E-state index >= 15 is 0 Å². The fourth-order valence-electron chi connectivity index (χ4n) is 2.75. The molecule has 4 rings (SSSR count). The summed E-state index contributed by atoms with van der Waals surface area (Å²) in [6.45, 7) is 0. The van der Waals surface area contributed by atoms with Gasteiger partial charge in [-0.2, -0.15) is 0 Å². The molecule has 0 saturated carbocycles. The van der Waals surface area contributed by atoms with Gasteiger partial charge in [0.15, 0.2) is 11.6 Å². The predicted molar refractivity (Wildman–Crippen MR) is 93.5 cm³/mol. The lowest BCUT2D eigenvalue weighted by Gasteiger charge is -2.23. The molecule has 0 spiro atoms. The highest BCUT2D eigenvalue weighted by molar-refractivity contribution is 6.32. The molecule has 0 radical (unpaired) electrons. The molecule has 2 aromatic carbocycles. The number of aromatic nitrogens is 3. The molecule has 0 saturated heterocycles. The fourth-order valence-corrected chi connectivity index (χ4v) is 2.95. The Bertz CT molecular complexity index is 905. The van der Waals surface area contributed by atoms with Crippen LogP contribution in [0.3, 0.4) is 0 Å². The van der Waals surface area contributed by atoms with Crippen LogP contribution in [0.5, 0.6) is 5.75 Å². The quantitative estimate of drug-likeness (QED) is 0.766. The highest BCUT2D eigenvalue weighted by Gasteiger charge is 2.19. The Hall–Kier alpha value is -2.79. The van der Waals surface area contributed by atoms with Gasteiger partial charge in [0, 0.05) is 6.42 Å². The van der Waals surface area contributed by atoms with Gasteiger partial charge >= 0.3 is 0 Å². The number of hydrogen-bond donors (Lipinski definition) is 2. The molecule has 1 aromatic heterocycles. The third kappa shape index (κ3) is 2.74. The molecule has 24 heavy (non-hydrogen) atoms. The Morgan fingerprint density at radius 3 is 2.75 bits per heavy atom. The van der Waals surface area contributed by atoms with E-state index in [4.69, 9.17) is 11.6 Å². The van der Waals surface area contributed by atoms with E-state index in [9.17, 15) is 5.11 Å². The molecule has 2 N–H and O–H groups in total. The van der Waals surface area contributed by atoms with Gasteiger partial charge in [0.2, 0.25) is 0 Å². The lowest BCUT2D eigenvalue weighted by atomic mass is 10.1. The Balaban J connectivity index is 1.61. The van der Waals surface area contributed by atoms with Gasteiger partial charge in [-0.1, -0.05) is 54.1 Å². The summed E-state index contributed by atoms with van der Waals surface area (Å²) in [4.78, 5) is 0. The number of rotatable bonds is 3. The van der Waals surface area contributed by atoms with Crippen LogP contribution in [0.15, 0.2) is 54.6 Å². The van der Waals surface area contributed by atoms with E-state index in [1.807, 2.05) is 35.0 Å². The van der Waals surface area contributed by atoms with Crippen LogP contribution < -0.4 is 5.43 Å². The summed E-state index contributed by atoms with van der Waals surface area (Å²) in [6.07, 6.45) is 4.60. The normalized spacial score (nSPS) is 15.8. The SMILES string of the molecule is Oc1ccc(Cc2nnc3n2NC(c2ccccc2)C=C3)cc1Cl. The zero-order valence-corrected chi connectivity index (χ0v) is 13.5. The van der Waals surface area contributed by atoms with E-state index in [1.165, 1.54) is 5.56 Å². The van der Waals surface area contributed by atoms with Crippen molar-refractivity contribution in [1.29, 1.82) is 0 Å². The van der Waals surface area contributed by atoms with E-state index in [-0.39, 0.29) is 11.8 Å². The average molecular weight is 339 g/mol. The summed E-state index contributed by atoms with van der Waals surface area (Å²) in [5.74, 6) is 1.63. The summed E-state index contributed by atoms with van der Waals surface area (Å²) in [6, 6.07) is 15.4. The summed E-state index contributed by atoms with van der Waals surface area (Å²) in [5, 5.41) is 18.3. The van der Waals surface area contributed by atoms with Gasteiger partial charge in [-0.15, -0.1) is 10.2 Å². The molecule has 1 atom stereocenters. The van der Waals surface area contributed by atoms with Crippen LogP contribution in [0, 0.1) is 0 Å². The standard InChI is InChI=1S/C18H15ClN4O/c19-14-10-12(6-8-16(14)24)11-18-21-20-17-9-7-15(22-23(17)18)13-4-2-1-3-5-13/h1-10,15,22,24H,11H2. The zero-order chi connectivity index (χ0) is 16.5. The molecule has 0 fully saturated rings. The van der Waals surface area contributed by atoms with Crippen LogP contribution in [-0.4, -0.2) is 20.0 Å². The summed E-state index contributed by atoms with van der Waals surface area (Å²) in [7, 11) is 0. The minimum atomic E-state index is 0.0665.